The van der Waals surface area contributed by atoms with Gasteiger partial charge in [-0.25, -0.2) is 17.2 Å². The molecule has 0 bridgehead atoms. The normalized spacial score (nSPS) is 11.4. The summed E-state index contributed by atoms with van der Waals surface area (Å²) in [6.07, 6.45) is 0. The van der Waals surface area contributed by atoms with Gasteiger partial charge in [-0.15, -0.1) is 0 Å². The molecule has 0 unspecified atom stereocenters. The number of hydrogen-bond donors (Lipinski definition) is 1. The molecule has 0 aromatic heterocycles. The molecule has 8 heteroatoms. The zero-order valence-corrected chi connectivity index (χ0v) is 12.9. The Bertz CT molecular complexity index is 768. The van der Waals surface area contributed by atoms with E-state index in [4.69, 9.17) is 11.6 Å². The molecule has 0 amide bonds. The molecule has 0 fully saturated rings. The van der Waals surface area contributed by atoms with Crippen LogP contribution in [0.25, 0.3) is 0 Å². The number of anilines is 1. The molecule has 2 aromatic rings. The zero-order chi connectivity index (χ0) is 14.9. The van der Waals surface area contributed by atoms with Gasteiger partial charge in [-0.05, 0) is 36.4 Å². The van der Waals surface area contributed by atoms with Gasteiger partial charge in [-0.1, -0.05) is 27.5 Å². The molecule has 0 aliphatic rings. The first kappa shape index (κ1) is 15.2. The van der Waals surface area contributed by atoms with E-state index < -0.39 is 26.6 Å². The van der Waals surface area contributed by atoms with Gasteiger partial charge in [0.25, 0.3) is 10.0 Å². The summed E-state index contributed by atoms with van der Waals surface area (Å²) in [5, 5.41) is -0.235. The van der Waals surface area contributed by atoms with E-state index in [-0.39, 0.29) is 10.7 Å². The quantitative estimate of drug-likeness (QED) is 0.865. The first-order valence-electron chi connectivity index (χ1n) is 5.22. The van der Waals surface area contributed by atoms with Crippen LogP contribution in [-0.2, 0) is 10.0 Å². The molecule has 0 aliphatic heterocycles. The minimum atomic E-state index is -4.12. The smallest absolute Gasteiger partial charge is 0.264 e. The lowest BCUT2D eigenvalue weighted by Crippen LogP contribution is -2.14. The van der Waals surface area contributed by atoms with Crippen molar-refractivity contribution in [2.45, 2.75) is 4.90 Å². The van der Waals surface area contributed by atoms with Gasteiger partial charge in [0.05, 0.1) is 10.7 Å². The third-order valence-corrected chi connectivity index (χ3v) is 4.55. The van der Waals surface area contributed by atoms with Crippen LogP contribution < -0.4 is 4.72 Å². The second-order valence-electron chi connectivity index (χ2n) is 3.81. The standard InChI is InChI=1S/C12H7BrClF2NO2S/c13-7-1-4-12(11(16)5-7)20(18,19)17-8-2-3-10(15)9(14)6-8/h1-6,17H. The van der Waals surface area contributed by atoms with Gasteiger partial charge in [0.15, 0.2) is 0 Å². The second kappa shape index (κ2) is 5.67. The molecule has 0 saturated heterocycles. The lowest BCUT2D eigenvalue weighted by molar-refractivity contribution is 0.569. The molecule has 1 N–H and O–H groups in total. The van der Waals surface area contributed by atoms with Gasteiger partial charge in [0.2, 0.25) is 0 Å². The summed E-state index contributed by atoms with van der Waals surface area (Å²) in [4.78, 5) is -0.513. The van der Waals surface area contributed by atoms with Crippen LogP contribution >= 0.6 is 27.5 Å². The van der Waals surface area contributed by atoms with Crippen molar-refractivity contribution in [3.63, 3.8) is 0 Å². The summed E-state index contributed by atoms with van der Waals surface area (Å²) < 4.78 is 53.2. The molecule has 0 spiro atoms. The molecular weight excluding hydrogens is 376 g/mol. The molecule has 3 nitrogen and oxygen atoms in total. The van der Waals surface area contributed by atoms with E-state index in [9.17, 15) is 17.2 Å². The van der Waals surface area contributed by atoms with Gasteiger partial charge >= 0.3 is 0 Å². The predicted molar refractivity (Wildman–Crippen MR) is 76.3 cm³/mol. The number of sulfonamides is 1. The van der Waals surface area contributed by atoms with Crippen LogP contribution in [0.1, 0.15) is 0 Å². The summed E-state index contributed by atoms with van der Waals surface area (Å²) in [6.45, 7) is 0. The Labute approximate surface area is 127 Å². The van der Waals surface area contributed by atoms with Crippen LogP contribution in [-0.4, -0.2) is 8.42 Å². The van der Waals surface area contributed by atoms with E-state index in [0.717, 1.165) is 24.3 Å². The van der Waals surface area contributed by atoms with Crippen molar-refractivity contribution in [3.05, 3.63) is 57.5 Å². The Morgan fingerprint density at radius 3 is 2.35 bits per heavy atom. The molecule has 0 atom stereocenters. The Morgan fingerprint density at radius 2 is 1.75 bits per heavy atom. The van der Waals surface area contributed by atoms with Crippen molar-refractivity contribution in [3.8, 4) is 0 Å². The maximum absolute atomic E-state index is 13.7. The average Bonchev–Trinajstić information content (AvgIpc) is 2.33. The number of nitrogens with one attached hydrogen (secondary N) is 1. The van der Waals surface area contributed by atoms with Crippen LogP contribution in [0, 0.1) is 11.6 Å². The van der Waals surface area contributed by atoms with E-state index >= 15 is 0 Å². The fraction of sp³-hybridized carbons (Fsp3) is 0. The third kappa shape index (κ3) is 3.28. The van der Waals surface area contributed by atoms with Crippen molar-refractivity contribution >= 4 is 43.2 Å². The number of benzene rings is 2. The monoisotopic (exact) mass is 381 g/mol. The molecule has 2 aromatic carbocycles. The number of hydrogen-bond acceptors (Lipinski definition) is 2. The number of halogens is 4. The van der Waals surface area contributed by atoms with Crippen molar-refractivity contribution in [1.82, 2.24) is 0 Å². The molecule has 2 rings (SSSR count). The highest BCUT2D eigenvalue weighted by atomic mass is 79.9. The second-order valence-corrected chi connectivity index (χ2v) is 6.78. The fourth-order valence-corrected chi connectivity index (χ4v) is 3.09. The maximum atomic E-state index is 13.7. The molecule has 0 saturated carbocycles. The van der Waals surface area contributed by atoms with E-state index in [1.165, 1.54) is 12.1 Å². The van der Waals surface area contributed by atoms with E-state index in [1.807, 2.05) is 0 Å². The highest BCUT2D eigenvalue weighted by molar-refractivity contribution is 9.10. The maximum Gasteiger partial charge on any atom is 0.264 e. The Kier molecular flexibility index (Phi) is 4.31. The van der Waals surface area contributed by atoms with Crippen LogP contribution in [0.3, 0.4) is 0 Å². The van der Waals surface area contributed by atoms with Crippen LogP contribution in [0.2, 0.25) is 5.02 Å². The van der Waals surface area contributed by atoms with E-state index in [2.05, 4.69) is 20.7 Å². The van der Waals surface area contributed by atoms with Crippen molar-refractivity contribution < 1.29 is 17.2 Å². The van der Waals surface area contributed by atoms with Gasteiger partial charge in [-0.3, -0.25) is 4.72 Å². The molecule has 0 radical (unpaired) electrons. The van der Waals surface area contributed by atoms with Crippen molar-refractivity contribution in [2.75, 3.05) is 4.72 Å². The summed E-state index contributed by atoms with van der Waals surface area (Å²) >= 11 is 8.58. The van der Waals surface area contributed by atoms with Crippen LogP contribution in [0.15, 0.2) is 45.8 Å². The number of rotatable bonds is 3. The van der Waals surface area contributed by atoms with Gasteiger partial charge in [0, 0.05) is 4.47 Å². The average molecular weight is 383 g/mol. The summed E-state index contributed by atoms with van der Waals surface area (Å²) in [5.41, 5.74) is 0.0405. The summed E-state index contributed by atoms with van der Waals surface area (Å²) in [5.74, 6) is -1.58. The molecular formula is C12H7BrClF2NO2S. The van der Waals surface area contributed by atoms with E-state index in [1.54, 1.807) is 0 Å². The molecule has 0 aliphatic carbocycles. The van der Waals surface area contributed by atoms with Crippen LogP contribution in [0.4, 0.5) is 14.5 Å². The van der Waals surface area contributed by atoms with E-state index in [0.29, 0.717) is 4.47 Å². The minimum absolute atomic E-state index is 0.0405. The Hall–Kier alpha value is -1.18. The molecule has 106 valence electrons. The Balaban J connectivity index is 2.38. The first-order valence-corrected chi connectivity index (χ1v) is 7.88. The lowest BCUT2D eigenvalue weighted by Gasteiger charge is -2.09. The SMILES string of the molecule is O=S(=O)(Nc1ccc(F)c(Cl)c1)c1ccc(Br)cc1F. The zero-order valence-electron chi connectivity index (χ0n) is 9.70. The van der Waals surface area contributed by atoms with Gasteiger partial charge in [0.1, 0.15) is 16.5 Å². The molecule has 20 heavy (non-hydrogen) atoms. The summed E-state index contributed by atoms with van der Waals surface area (Å²) in [7, 11) is -4.12. The highest BCUT2D eigenvalue weighted by Gasteiger charge is 2.19. The van der Waals surface area contributed by atoms with Gasteiger partial charge < -0.3 is 0 Å². The highest BCUT2D eigenvalue weighted by Crippen LogP contribution is 2.24. The largest absolute Gasteiger partial charge is 0.279 e. The van der Waals surface area contributed by atoms with Crippen molar-refractivity contribution in [2.24, 2.45) is 0 Å². The fourth-order valence-electron chi connectivity index (χ4n) is 1.46. The third-order valence-electron chi connectivity index (χ3n) is 2.36. The first-order chi connectivity index (χ1) is 9.29. The molecule has 0 heterocycles. The predicted octanol–water partition coefficient (Wildman–Crippen LogP) is 4.18. The Morgan fingerprint density at radius 1 is 1.05 bits per heavy atom. The summed E-state index contributed by atoms with van der Waals surface area (Å²) in [6, 6.07) is 6.85. The van der Waals surface area contributed by atoms with Gasteiger partial charge in [-0.2, -0.15) is 0 Å². The van der Waals surface area contributed by atoms with Crippen LogP contribution in [0.5, 0.6) is 0 Å². The minimum Gasteiger partial charge on any atom is -0.279 e. The lowest BCUT2D eigenvalue weighted by atomic mass is 10.3. The topological polar surface area (TPSA) is 46.2 Å². The van der Waals surface area contributed by atoms with Crippen molar-refractivity contribution in [1.29, 1.82) is 0 Å².